The molecule has 2 amide bonds. The van der Waals surface area contributed by atoms with Crippen LogP contribution in [0.3, 0.4) is 0 Å². The van der Waals surface area contributed by atoms with E-state index < -0.39 is 28.6 Å². The van der Waals surface area contributed by atoms with Crippen LogP contribution in [-0.4, -0.2) is 78.4 Å². The lowest BCUT2D eigenvalue weighted by atomic mass is 9.89. The highest BCUT2D eigenvalue weighted by Crippen LogP contribution is 2.47. The third-order valence-electron chi connectivity index (χ3n) is 9.58. The number of benzene rings is 3. The fourth-order valence-corrected chi connectivity index (χ4v) is 7.31. The van der Waals surface area contributed by atoms with Crippen LogP contribution in [0.2, 0.25) is 0 Å². The van der Waals surface area contributed by atoms with E-state index in [0.29, 0.717) is 48.4 Å². The summed E-state index contributed by atoms with van der Waals surface area (Å²) in [6.07, 6.45) is 3.71. The molecule has 3 N–H and O–H groups in total. The van der Waals surface area contributed by atoms with Crippen molar-refractivity contribution < 1.29 is 27.8 Å². The number of aryl methyl sites for hydroxylation is 1. The second-order valence-corrected chi connectivity index (χ2v) is 13.4. The summed E-state index contributed by atoms with van der Waals surface area (Å²) < 4.78 is 54.3. The lowest BCUT2D eigenvalue weighted by Gasteiger charge is -2.40. The summed E-state index contributed by atoms with van der Waals surface area (Å²) in [5.41, 5.74) is -0.836. The minimum Gasteiger partial charge on any atom is -0.508 e. The second-order valence-electron chi connectivity index (χ2n) is 13.4. The van der Waals surface area contributed by atoms with E-state index in [1.807, 2.05) is 19.0 Å². The van der Waals surface area contributed by atoms with Crippen molar-refractivity contribution in [3.63, 3.8) is 0 Å². The van der Waals surface area contributed by atoms with E-state index in [4.69, 9.17) is 9.72 Å². The molecule has 3 aliphatic rings. The molecule has 0 bridgehead atoms. The van der Waals surface area contributed by atoms with Crippen LogP contribution in [0.4, 0.5) is 23.8 Å². The Bertz CT molecular complexity index is 1880. The van der Waals surface area contributed by atoms with Gasteiger partial charge in [0.05, 0.1) is 17.7 Å². The topological polar surface area (TPSA) is 103 Å². The molecule has 1 aromatic heterocycles. The van der Waals surface area contributed by atoms with E-state index >= 15 is 8.78 Å². The molecule has 4 aromatic rings. The summed E-state index contributed by atoms with van der Waals surface area (Å²) in [6.45, 7) is 4.28. The van der Waals surface area contributed by atoms with E-state index in [1.54, 1.807) is 6.92 Å². The maximum Gasteiger partial charge on any atom is 0.319 e. The average molecular weight is 635 g/mol. The summed E-state index contributed by atoms with van der Waals surface area (Å²) >= 11 is 0. The minimum absolute atomic E-state index is 0.0294. The van der Waals surface area contributed by atoms with Gasteiger partial charge in [-0.05, 0) is 92.4 Å². The van der Waals surface area contributed by atoms with Crippen molar-refractivity contribution in [2.45, 2.75) is 44.6 Å². The summed E-state index contributed by atoms with van der Waals surface area (Å²) in [6, 6.07) is 6.41. The number of anilines is 1. The number of halogens is 3. The first-order valence-electron chi connectivity index (χ1n) is 15.7. The van der Waals surface area contributed by atoms with Gasteiger partial charge in [0.1, 0.15) is 28.7 Å². The summed E-state index contributed by atoms with van der Waals surface area (Å²) in [7, 11) is 4.00. The van der Waals surface area contributed by atoms with E-state index in [0.717, 1.165) is 32.2 Å². The average Bonchev–Trinajstić information content (AvgIpc) is 3.68. The molecule has 9 nitrogen and oxygen atoms in total. The first-order chi connectivity index (χ1) is 22.0. The molecular formula is C34H37F3N6O3. The molecule has 242 valence electrons. The third-order valence-corrected chi connectivity index (χ3v) is 9.58. The molecule has 1 unspecified atom stereocenters. The second kappa shape index (κ2) is 11.2. The molecule has 2 aliphatic heterocycles. The third kappa shape index (κ3) is 5.32. The number of rotatable bonds is 8. The van der Waals surface area contributed by atoms with Gasteiger partial charge in [-0.1, -0.05) is 13.0 Å². The number of carbonyl (C=O) groups is 1. The highest BCUT2D eigenvalue weighted by Gasteiger charge is 2.45. The van der Waals surface area contributed by atoms with Gasteiger partial charge in [-0.2, -0.15) is 9.97 Å². The Morgan fingerprint density at radius 1 is 1.09 bits per heavy atom. The molecule has 3 heterocycles. The lowest BCUT2D eigenvalue weighted by molar-refractivity contribution is 0.183. The number of amides is 2. The largest absolute Gasteiger partial charge is 0.508 e. The number of piperidine rings is 1. The Morgan fingerprint density at radius 2 is 1.89 bits per heavy atom. The first-order valence-corrected chi connectivity index (χ1v) is 15.7. The van der Waals surface area contributed by atoms with Gasteiger partial charge in [0.2, 0.25) is 0 Å². The Labute approximate surface area is 264 Å². The summed E-state index contributed by atoms with van der Waals surface area (Å²) in [5.74, 6) is -2.25. The predicted molar refractivity (Wildman–Crippen MR) is 170 cm³/mol. The normalized spacial score (nSPS) is 20.5. The number of phenols is 1. The number of nitrogens with one attached hydrogen (secondary N) is 2. The fourth-order valence-electron chi connectivity index (χ4n) is 7.31. The molecule has 0 radical (unpaired) electrons. The standard InChI is InChI=1S/C34H37F3N6O3/c1-4-21-24(35)7-6-19-12-20(44)13-22(26(19)21)27-25(36)14-23-29(28(27)37)39-32(46-18-33(9-10-33)16-42(2)3)40-30(23)43-11-5-8-34(17-43)15-38-31(45)41-34/h6-7,12-14,44H,4-5,8-11,15-18H2,1-3H3,(H2,38,41,45). The lowest BCUT2D eigenvalue weighted by Crippen LogP contribution is -2.56. The number of hydrogen-bond donors (Lipinski definition) is 3. The summed E-state index contributed by atoms with van der Waals surface area (Å²) in [4.78, 5) is 25.3. The van der Waals surface area contributed by atoms with Crippen LogP contribution in [0, 0.1) is 22.9 Å². The number of ether oxygens (including phenoxy) is 1. The number of aromatic hydroxyl groups is 1. The summed E-state index contributed by atoms with van der Waals surface area (Å²) in [5, 5.41) is 17.4. The van der Waals surface area contributed by atoms with Crippen molar-refractivity contribution in [1.29, 1.82) is 0 Å². The van der Waals surface area contributed by atoms with Crippen LogP contribution in [0.25, 0.3) is 32.8 Å². The highest BCUT2D eigenvalue weighted by molar-refractivity contribution is 6.03. The predicted octanol–water partition coefficient (Wildman–Crippen LogP) is 5.51. The number of urea groups is 1. The molecule has 46 heavy (non-hydrogen) atoms. The maximum absolute atomic E-state index is 16.9. The molecule has 1 spiro atoms. The Balaban J connectivity index is 1.40. The monoisotopic (exact) mass is 634 g/mol. The zero-order chi connectivity index (χ0) is 32.4. The van der Waals surface area contributed by atoms with Crippen molar-refractivity contribution in [3.05, 3.63) is 53.3 Å². The molecular weight excluding hydrogens is 597 g/mol. The van der Waals surface area contributed by atoms with E-state index in [-0.39, 0.29) is 46.1 Å². The SMILES string of the molecule is CCc1c(F)ccc2cc(O)cc(-c3c(F)cc4c(N5CCCC6(CNC(=O)N6)C5)nc(OCC5(CN(C)C)CC5)nc4c3F)c12. The number of hydrogen-bond acceptors (Lipinski definition) is 7. The van der Waals surface area contributed by atoms with Gasteiger partial charge in [0.25, 0.3) is 0 Å². The number of nitrogens with zero attached hydrogens (tertiary/aromatic N) is 4. The van der Waals surface area contributed by atoms with Gasteiger partial charge in [0, 0.05) is 37.0 Å². The van der Waals surface area contributed by atoms with Gasteiger partial charge in [-0.3, -0.25) is 0 Å². The molecule has 2 saturated heterocycles. The van der Waals surface area contributed by atoms with Gasteiger partial charge in [-0.25, -0.2) is 18.0 Å². The molecule has 7 rings (SSSR count). The van der Waals surface area contributed by atoms with Gasteiger partial charge in [-0.15, -0.1) is 0 Å². The van der Waals surface area contributed by atoms with Gasteiger partial charge >= 0.3 is 12.0 Å². The molecule has 12 heteroatoms. The Hall–Kier alpha value is -4.32. The maximum atomic E-state index is 16.9. The van der Waals surface area contributed by atoms with E-state index in [1.165, 1.54) is 30.3 Å². The van der Waals surface area contributed by atoms with Crippen molar-refractivity contribution in [2.75, 3.05) is 51.8 Å². The van der Waals surface area contributed by atoms with Crippen LogP contribution < -0.4 is 20.3 Å². The number of aromatic nitrogens is 2. The van der Waals surface area contributed by atoms with Crippen LogP contribution in [0.15, 0.2) is 30.3 Å². The Morgan fingerprint density at radius 3 is 2.59 bits per heavy atom. The van der Waals surface area contributed by atoms with Crippen molar-refractivity contribution in [2.24, 2.45) is 5.41 Å². The number of carbonyl (C=O) groups excluding carboxylic acids is 1. The molecule has 1 saturated carbocycles. The number of phenolic OH excluding ortho intramolecular Hbond substituents is 1. The van der Waals surface area contributed by atoms with Crippen molar-refractivity contribution in [3.8, 4) is 22.9 Å². The molecule has 3 fully saturated rings. The van der Waals surface area contributed by atoms with Crippen molar-refractivity contribution in [1.82, 2.24) is 25.5 Å². The first kappa shape index (κ1) is 30.3. The minimum atomic E-state index is -0.960. The molecule has 1 atom stereocenters. The highest BCUT2D eigenvalue weighted by atomic mass is 19.1. The van der Waals surface area contributed by atoms with Crippen molar-refractivity contribution >= 4 is 33.5 Å². The zero-order valence-electron chi connectivity index (χ0n) is 26.1. The van der Waals surface area contributed by atoms with Gasteiger partial charge in [0.15, 0.2) is 5.82 Å². The molecule has 1 aliphatic carbocycles. The quantitative estimate of drug-likeness (QED) is 0.235. The van der Waals surface area contributed by atoms with Gasteiger partial charge < -0.3 is 30.3 Å². The fraction of sp³-hybridized carbons (Fsp3) is 0.441. The van der Waals surface area contributed by atoms with Crippen LogP contribution in [0.1, 0.15) is 38.2 Å². The number of fused-ring (bicyclic) bond motifs is 2. The zero-order valence-corrected chi connectivity index (χ0v) is 26.1. The smallest absolute Gasteiger partial charge is 0.319 e. The van der Waals surface area contributed by atoms with Crippen LogP contribution in [-0.2, 0) is 6.42 Å². The van der Waals surface area contributed by atoms with Crippen LogP contribution >= 0.6 is 0 Å². The Kier molecular flexibility index (Phi) is 7.38. The van der Waals surface area contributed by atoms with E-state index in [2.05, 4.69) is 20.5 Å². The van der Waals surface area contributed by atoms with E-state index in [9.17, 15) is 14.3 Å². The molecule has 3 aromatic carbocycles. The van der Waals surface area contributed by atoms with Crippen LogP contribution in [0.5, 0.6) is 11.8 Å².